The van der Waals surface area contributed by atoms with Crippen LogP contribution in [0.25, 0.3) is 110 Å². The summed E-state index contributed by atoms with van der Waals surface area (Å²) in [5.41, 5.74) is 11.8. The van der Waals surface area contributed by atoms with E-state index in [1.165, 1.54) is 59.8 Å². The van der Waals surface area contributed by atoms with Crippen LogP contribution in [0.5, 0.6) is 0 Å². The maximum Gasteiger partial charge on any atom is 0.160 e. The summed E-state index contributed by atoms with van der Waals surface area (Å²) in [7, 11) is 0. The highest BCUT2D eigenvalue weighted by Gasteiger charge is 2.17. The largest absolute Gasteiger partial charge is 0.265 e. The fourth-order valence-electron chi connectivity index (χ4n) is 8.37. The maximum atomic E-state index is 5.23. The Morgan fingerprint density at radius 1 is 0.286 bits per heavy atom. The molecule has 0 aliphatic carbocycles. The van der Waals surface area contributed by atoms with E-state index in [9.17, 15) is 0 Å². The molecule has 0 saturated carbocycles. The molecule has 0 saturated heterocycles. The SMILES string of the molecule is c1ccc(-c2cc(-c3cccc(-c4ccncc4)c3)nc(-c3cccc(-c4ccc5ccc6c(-c7ccc8ccccc8c7)ccc7ccc4c5c76)c3)n2)cc1. The lowest BCUT2D eigenvalue weighted by atomic mass is 9.87. The first-order valence-electron chi connectivity index (χ1n) is 19.0. The summed E-state index contributed by atoms with van der Waals surface area (Å²) in [6.45, 7) is 0. The van der Waals surface area contributed by atoms with Crippen molar-refractivity contribution in [3.8, 4) is 67.3 Å². The lowest BCUT2D eigenvalue weighted by molar-refractivity contribution is 1.18. The average Bonchev–Trinajstić information content (AvgIpc) is 3.28. The van der Waals surface area contributed by atoms with Gasteiger partial charge >= 0.3 is 0 Å². The summed E-state index contributed by atoms with van der Waals surface area (Å²) in [6.07, 6.45) is 3.66. The highest BCUT2D eigenvalue weighted by atomic mass is 14.9. The summed E-state index contributed by atoms with van der Waals surface area (Å²) in [4.78, 5) is 14.6. The van der Waals surface area contributed by atoms with Gasteiger partial charge in [-0.3, -0.25) is 4.98 Å². The van der Waals surface area contributed by atoms with E-state index in [1.807, 2.05) is 30.6 Å². The molecule has 260 valence electrons. The van der Waals surface area contributed by atoms with Crippen LogP contribution in [0.15, 0.2) is 200 Å². The van der Waals surface area contributed by atoms with E-state index < -0.39 is 0 Å². The third kappa shape index (κ3) is 5.49. The van der Waals surface area contributed by atoms with Gasteiger partial charge in [0, 0.05) is 29.1 Å². The van der Waals surface area contributed by atoms with Crippen molar-refractivity contribution in [1.82, 2.24) is 15.0 Å². The van der Waals surface area contributed by atoms with E-state index in [2.05, 4.69) is 175 Å². The first-order chi connectivity index (χ1) is 27.7. The van der Waals surface area contributed by atoms with Crippen LogP contribution in [-0.4, -0.2) is 15.0 Å². The molecule has 3 nitrogen and oxygen atoms in total. The standard InChI is InChI=1S/C53H33N3/c1-2-9-36(10-3-1)49-33-50(43-14-6-12-40(31-43)35-26-28-54-29-27-35)56-53(55-49)44-15-7-13-41(32-44)45-22-18-37-21-25-48-46(23-19-38-20-24-47(45)51(37)52(38)48)42-17-16-34-8-4-5-11-39(34)30-42/h1-33H. The van der Waals surface area contributed by atoms with Crippen molar-refractivity contribution in [3.63, 3.8) is 0 Å². The number of hydrogen-bond acceptors (Lipinski definition) is 3. The monoisotopic (exact) mass is 711 g/mol. The Balaban J connectivity index is 1.05. The number of pyridine rings is 1. The lowest BCUT2D eigenvalue weighted by Crippen LogP contribution is -1.96. The Morgan fingerprint density at radius 2 is 0.821 bits per heavy atom. The van der Waals surface area contributed by atoms with Crippen LogP contribution < -0.4 is 0 Å². The molecule has 0 amide bonds. The summed E-state index contributed by atoms with van der Waals surface area (Å²) in [6, 6.07) is 67.4. The van der Waals surface area contributed by atoms with Crippen molar-refractivity contribution in [2.24, 2.45) is 0 Å². The first-order valence-corrected chi connectivity index (χ1v) is 19.0. The molecule has 0 unspecified atom stereocenters. The zero-order valence-corrected chi connectivity index (χ0v) is 30.4. The minimum atomic E-state index is 0.690. The predicted molar refractivity (Wildman–Crippen MR) is 234 cm³/mol. The molecule has 0 aliphatic rings. The van der Waals surface area contributed by atoms with Crippen molar-refractivity contribution in [3.05, 3.63) is 200 Å². The smallest absolute Gasteiger partial charge is 0.160 e. The summed E-state index contributed by atoms with van der Waals surface area (Å²) in [5, 5.41) is 10.1. The maximum absolute atomic E-state index is 5.23. The summed E-state index contributed by atoms with van der Waals surface area (Å²) >= 11 is 0. The topological polar surface area (TPSA) is 38.7 Å². The van der Waals surface area contributed by atoms with Gasteiger partial charge in [0.1, 0.15) is 0 Å². The van der Waals surface area contributed by atoms with Crippen LogP contribution in [0.4, 0.5) is 0 Å². The highest BCUT2D eigenvalue weighted by molar-refractivity contribution is 6.27. The highest BCUT2D eigenvalue weighted by Crippen LogP contribution is 2.43. The minimum Gasteiger partial charge on any atom is -0.265 e. The molecule has 0 N–H and O–H groups in total. The fourth-order valence-corrected chi connectivity index (χ4v) is 8.37. The molecule has 3 heteroatoms. The zero-order chi connectivity index (χ0) is 37.0. The predicted octanol–water partition coefficient (Wildman–Crippen LogP) is 13.9. The fraction of sp³-hybridized carbons (Fsp3) is 0. The van der Waals surface area contributed by atoms with Crippen molar-refractivity contribution in [2.75, 3.05) is 0 Å². The Kier molecular flexibility index (Phi) is 7.49. The minimum absolute atomic E-state index is 0.690. The van der Waals surface area contributed by atoms with Crippen LogP contribution in [0.1, 0.15) is 0 Å². The van der Waals surface area contributed by atoms with Crippen LogP contribution in [0, 0.1) is 0 Å². The molecule has 0 aliphatic heterocycles. The van der Waals surface area contributed by atoms with E-state index in [-0.39, 0.29) is 0 Å². The Hall–Kier alpha value is -7.49. The van der Waals surface area contributed by atoms with Gasteiger partial charge in [0.05, 0.1) is 11.4 Å². The molecule has 11 aromatic rings. The van der Waals surface area contributed by atoms with Gasteiger partial charge in [0.15, 0.2) is 5.82 Å². The van der Waals surface area contributed by atoms with Crippen LogP contribution in [0.3, 0.4) is 0 Å². The van der Waals surface area contributed by atoms with E-state index >= 15 is 0 Å². The number of aromatic nitrogens is 3. The van der Waals surface area contributed by atoms with Gasteiger partial charge in [-0.25, -0.2) is 9.97 Å². The molecule has 0 radical (unpaired) electrons. The Labute approximate surface area is 324 Å². The van der Waals surface area contributed by atoms with E-state index in [0.29, 0.717) is 5.82 Å². The molecule has 0 bridgehead atoms. The van der Waals surface area contributed by atoms with Gasteiger partial charge in [-0.1, -0.05) is 152 Å². The van der Waals surface area contributed by atoms with Gasteiger partial charge < -0.3 is 0 Å². The third-order valence-electron chi connectivity index (χ3n) is 11.1. The number of hydrogen-bond donors (Lipinski definition) is 0. The molecular formula is C53H33N3. The van der Waals surface area contributed by atoms with Gasteiger partial charge in [-0.15, -0.1) is 0 Å². The van der Waals surface area contributed by atoms with Crippen molar-refractivity contribution < 1.29 is 0 Å². The number of rotatable bonds is 6. The van der Waals surface area contributed by atoms with E-state index in [4.69, 9.17) is 9.97 Å². The van der Waals surface area contributed by atoms with Crippen molar-refractivity contribution in [2.45, 2.75) is 0 Å². The van der Waals surface area contributed by atoms with Crippen LogP contribution in [0.2, 0.25) is 0 Å². The quantitative estimate of drug-likeness (QED) is 0.161. The summed E-state index contributed by atoms with van der Waals surface area (Å²) in [5.74, 6) is 0.690. The van der Waals surface area contributed by atoms with Crippen molar-refractivity contribution in [1.29, 1.82) is 0 Å². The lowest BCUT2D eigenvalue weighted by Gasteiger charge is -2.17. The molecule has 0 atom stereocenters. The average molecular weight is 712 g/mol. The molecular weight excluding hydrogens is 679 g/mol. The van der Waals surface area contributed by atoms with Gasteiger partial charge in [-0.2, -0.15) is 0 Å². The Morgan fingerprint density at radius 3 is 1.55 bits per heavy atom. The second kappa shape index (κ2) is 13.1. The van der Waals surface area contributed by atoms with E-state index in [0.717, 1.165) is 44.8 Å². The molecule has 0 fully saturated rings. The van der Waals surface area contributed by atoms with Crippen LogP contribution >= 0.6 is 0 Å². The van der Waals surface area contributed by atoms with Gasteiger partial charge in [-0.05, 0) is 113 Å². The molecule has 56 heavy (non-hydrogen) atoms. The van der Waals surface area contributed by atoms with Crippen LogP contribution in [-0.2, 0) is 0 Å². The third-order valence-corrected chi connectivity index (χ3v) is 11.1. The second-order valence-corrected chi connectivity index (χ2v) is 14.4. The molecule has 2 heterocycles. The Bertz CT molecular complexity index is 3240. The zero-order valence-electron chi connectivity index (χ0n) is 30.4. The van der Waals surface area contributed by atoms with Gasteiger partial charge in [0.25, 0.3) is 0 Å². The molecule has 11 rings (SSSR count). The number of nitrogens with zero attached hydrogens (tertiary/aromatic N) is 3. The first kappa shape index (κ1) is 32.0. The molecule has 9 aromatic carbocycles. The van der Waals surface area contributed by atoms with Gasteiger partial charge in [0.2, 0.25) is 0 Å². The number of fused-ring (bicyclic) bond motifs is 1. The van der Waals surface area contributed by atoms with Crippen molar-refractivity contribution >= 4 is 43.1 Å². The second-order valence-electron chi connectivity index (χ2n) is 14.4. The molecule has 0 spiro atoms. The summed E-state index contributed by atoms with van der Waals surface area (Å²) < 4.78 is 0. The normalized spacial score (nSPS) is 11.6. The molecule has 2 aromatic heterocycles. The van der Waals surface area contributed by atoms with E-state index in [1.54, 1.807) is 0 Å². The number of benzene rings is 9.